The Bertz CT molecular complexity index is 848. The lowest BCUT2D eigenvalue weighted by molar-refractivity contribution is -0.387. The van der Waals surface area contributed by atoms with E-state index in [1.165, 1.54) is 36.4 Å². The summed E-state index contributed by atoms with van der Waals surface area (Å²) in [6.45, 7) is 2.62. The highest BCUT2D eigenvalue weighted by Crippen LogP contribution is 2.33. The Morgan fingerprint density at radius 2 is 1.60 bits per heavy atom. The highest BCUT2D eigenvalue weighted by atomic mass is 35.5. The van der Waals surface area contributed by atoms with Crippen molar-refractivity contribution in [2.75, 3.05) is 26.2 Å². The molecule has 2 aromatic carbocycles. The largest absolute Gasteiger partial charge is 0.573 e. The molecule has 6 nitrogen and oxygen atoms in total. The zero-order chi connectivity index (χ0) is 20.3. The van der Waals surface area contributed by atoms with Gasteiger partial charge >= 0.3 is 12.0 Å². The summed E-state index contributed by atoms with van der Waals surface area (Å²) in [5.74, 6) is -1.30. The Morgan fingerprint density at radius 3 is 2.13 bits per heavy atom. The Morgan fingerprint density at radius 1 is 1.03 bits per heavy atom. The summed E-state index contributed by atoms with van der Waals surface area (Å²) in [6, 6.07) is 8.51. The molecule has 2 aromatic rings. The second-order valence-electron chi connectivity index (χ2n) is 6.27. The van der Waals surface area contributed by atoms with Gasteiger partial charge in [-0.1, -0.05) is 18.2 Å². The van der Waals surface area contributed by atoms with Gasteiger partial charge in [-0.15, -0.1) is 38.0 Å². The van der Waals surface area contributed by atoms with Gasteiger partial charge in [0.15, 0.2) is 0 Å². The van der Waals surface area contributed by atoms with Gasteiger partial charge in [-0.3, -0.25) is 15.0 Å². The second kappa shape index (κ2) is 10.8. The quantitative estimate of drug-likeness (QED) is 0.395. The third kappa shape index (κ3) is 6.43. The van der Waals surface area contributed by atoms with E-state index in [0.29, 0.717) is 37.3 Å². The first-order valence-electron chi connectivity index (χ1n) is 8.49. The fourth-order valence-corrected chi connectivity index (χ4v) is 3.25. The van der Waals surface area contributed by atoms with Crippen molar-refractivity contribution >= 4 is 30.5 Å². The maximum absolute atomic E-state index is 13.8. The number of benzene rings is 2. The van der Waals surface area contributed by atoms with Crippen LogP contribution in [0.2, 0.25) is 0 Å². The summed E-state index contributed by atoms with van der Waals surface area (Å²) in [4.78, 5) is 12.3. The first-order chi connectivity index (χ1) is 13.2. The molecule has 0 bridgehead atoms. The molecule has 0 unspecified atom stereocenters. The van der Waals surface area contributed by atoms with Crippen LogP contribution in [-0.4, -0.2) is 42.4 Å². The first kappa shape index (κ1) is 25.9. The van der Waals surface area contributed by atoms with Crippen molar-refractivity contribution in [1.82, 2.24) is 10.2 Å². The van der Waals surface area contributed by atoms with E-state index in [0.717, 1.165) is 6.07 Å². The molecular weight excluding hydrogens is 453 g/mol. The van der Waals surface area contributed by atoms with Gasteiger partial charge in [0, 0.05) is 32.2 Å². The maximum atomic E-state index is 13.8. The summed E-state index contributed by atoms with van der Waals surface area (Å²) in [6.07, 6.45) is -4.79. The van der Waals surface area contributed by atoms with Crippen LogP contribution in [0.5, 0.6) is 5.75 Å². The van der Waals surface area contributed by atoms with Crippen molar-refractivity contribution in [3.8, 4) is 5.75 Å². The molecule has 1 aliphatic heterocycles. The lowest BCUT2D eigenvalue weighted by Gasteiger charge is -2.35. The van der Waals surface area contributed by atoms with Crippen LogP contribution >= 0.6 is 24.8 Å². The molecule has 3 rings (SSSR count). The van der Waals surface area contributed by atoms with E-state index in [4.69, 9.17) is 0 Å². The van der Waals surface area contributed by atoms with Crippen molar-refractivity contribution < 1.29 is 27.2 Å². The molecule has 0 spiro atoms. The smallest absolute Gasteiger partial charge is 0.406 e. The number of alkyl halides is 3. The Hall–Kier alpha value is -2.14. The minimum Gasteiger partial charge on any atom is -0.406 e. The highest BCUT2D eigenvalue weighted by molar-refractivity contribution is 5.85. The molecule has 0 saturated carbocycles. The summed E-state index contributed by atoms with van der Waals surface area (Å²) in [5, 5.41) is 14.3. The van der Waals surface area contributed by atoms with Crippen molar-refractivity contribution in [2.45, 2.75) is 12.4 Å². The van der Waals surface area contributed by atoms with Gasteiger partial charge in [-0.05, 0) is 29.3 Å². The molecule has 0 aliphatic carbocycles. The maximum Gasteiger partial charge on any atom is 0.573 e. The fraction of sp³-hybridized carbons (Fsp3) is 0.333. The van der Waals surface area contributed by atoms with Crippen LogP contribution < -0.4 is 10.1 Å². The molecule has 12 heteroatoms. The average Bonchev–Trinajstić information content (AvgIpc) is 2.64. The van der Waals surface area contributed by atoms with E-state index in [-0.39, 0.29) is 30.6 Å². The molecular formula is C18H19Cl2F4N3O3. The summed E-state index contributed by atoms with van der Waals surface area (Å²) in [5.41, 5.74) is 0.464. The van der Waals surface area contributed by atoms with Gasteiger partial charge in [-0.2, -0.15) is 4.39 Å². The molecule has 1 aliphatic rings. The predicted octanol–water partition coefficient (Wildman–Crippen LogP) is 4.47. The van der Waals surface area contributed by atoms with Crippen molar-refractivity contribution in [3.05, 3.63) is 69.5 Å². The highest BCUT2D eigenvalue weighted by Gasteiger charge is 2.31. The van der Waals surface area contributed by atoms with E-state index in [2.05, 4.69) is 10.1 Å². The van der Waals surface area contributed by atoms with Crippen LogP contribution in [0.15, 0.2) is 42.5 Å². The third-order valence-electron chi connectivity index (χ3n) is 4.43. The summed E-state index contributed by atoms with van der Waals surface area (Å²) in [7, 11) is 0. The number of nitrogens with zero attached hydrogens (tertiary/aromatic N) is 2. The fourth-order valence-electron chi connectivity index (χ4n) is 3.25. The molecule has 0 aromatic heterocycles. The van der Waals surface area contributed by atoms with Gasteiger partial charge in [0.25, 0.3) is 0 Å². The predicted molar refractivity (Wildman–Crippen MR) is 107 cm³/mol. The van der Waals surface area contributed by atoms with Crippen LogP contribution in [-0.2, 0) is 0 Å². The van der Waals surface area contributed by atoms with Crippen LogP contribution in [0.4, 0.5) is 23.2 Å². The van der Waals surface area contributed by atoms with Crippen molar-refractivity contribution in [3.63, 3.8) is 0 Å². The zero-order valence-corrected chi connectivity index (χ0v) is 17.0. The topological polar surface area (TPSA) is 67.6 Å². The molecule has 1 saturated heterocycles. The standard InChI is InChI=1S/C18H17F4N3O3.2ClH/c19-15-6-3-13(11-16(15)25(26)27)17(24-9-7-23-8-10-24)12-1-4-14(5-2-12)28-18(20,21)22;;/h1-6,11,17,23H,7-10H2;2*1H/t17-;;/m1../s1. The number of nitro benzene ring substituents is 1. The molecule has 166 valence electrons. The van der Waals surface area contributed by atoms with Gasteiger partial charge in [-0.25, -0.2) is 0 Å². The second-order valence-corrected chi connectivity index (χ2v) is 6.27. The van der Waals surface area contributed by atoms with E-state index in [1.807, 2.05) is 4.90 Å². The Kier molecular flexibility index (Phi) is 9.29. The number of ether oxygens (including phenoxy) is 1. The van der Waals surface area contributed by atoms with Gasteiger partial charge in [0.2, 0.25) is 5.82 Å². The Labute approximate surface area is 182 Å². The minimum atomic E-state index is -4.79. The first-order valence-corrected chi connectivity index (χ1v) is 8.49. The number of hydrogen-bond acceptors (Lipinski definition) is 5. The molecule has 1 N–H and O–H groups in total. The van der Waals surface area contributed by atoms with Crippen LogP contribution in [0.3, 0.4) is 0 Å². The minimum absolute atomic E-state index is 0. The average molecular weight is 472 g/mol. The third-order valence-corrected chi connectivity index (χ3v) is 4.43. The molecule has 1 atom stereocenters. The van der Waals surface area contributed by atoms with Crippen molar-refractivity contribution in [1.29, 1.82) is 0 Å². The molecule has 1 heterocycles. The number of nitrogens with one attached hydrogen (secondary N) is 1. The normalized spacial score (nSPS) is 15.5. The monoisotopic (exact) mass is 471 g/mol. The molecule has 30 heavy (non-hydrogen) atoms. The van der Waals surface area contributed by atoms with Crippen LogP contribution in [0, 0.1) is 15.9 Å². The lowest BCUT2D eigenvalue weighted by atomic mass is 9.95. The molecule has 0 radical (unpaired) electrons. The number of halogens is 6. The van der Waals surface area contributed by atoms with E-state index < -0.39 is 28.8 Å². The summed E-state index contributed by atoms with van der Waals surface area (Å²) < 4.78 is 54.8. The van der Waals surface area contributed by atoms with Gasteiger partial charge in [0.1, 0.15) is 5.75 Å². The molecule has 0 amide bonds. The van der Waals surface area contributed by atoms with E-state index in [1.54, 1.807) is 0 Å². The number of piperazine rings is 1. The summed E-state index contributed by atoms with van der Waals surface area (Å²) >= 11 is 0. The van der Waals surface area contributed by atoms with Crippen LogP contribution in [0.1, 0.15) is 17.2 Å². The van der Waals surface area contributed by atoms with Gasteiger partial charge in [0.05, 0.1) is 11.0 Å². The SMILES string of the molecule is Cl.Cl.O=[N+]([O-])c1cc([C@@H](c2ccc(OC(F)(F)F)cc2)N2CCNCC2)ccc1F. The van der Waals surface area contributed by atoms with Gasteiger partial charge < -0.3 is 10.1 Å². The lowest BCUT2D eigenvalue weighted by Crippen LogP contribution is -2.45. The zero-order valence-electron chi connectivity index (χ0n) is 15.4. The van der Waals surface area contributed by atoms with Crippen molar-refractivity contribution in [2.24, 2.45) is 0 Å². The Balaban J connectivity index is 0.00000225. The number of hydrogen-bond donors (Lipinski definition) is 1. The van der Waals surface area contributed by atoms with Crippen LogP contribution in [0.25, 0.3) is 0 Å². The number of rotatable bonds is 5. The van der Waals surface area contributed by atoms with E-state index in [9.17, 15) is 27.7 Å². The van der Waals surface area contributed by atoms with E-state index >= 15 is 0 Å². The molecule has 1 fully saturated rings. The number of nitro groups is 1.